The Morgan fingerprint density at radius 1 is 0.825 bits per heavy atom. The molecule has 1 fully saturated rings. The molecule has 12 heteroatoms. The smallest absolute Gasteiger partial charge is 0.338 e. The van der Waals surface area contributed by atoms with Gasteiger partial charge in [-0.15, -0.1) is 0 Å². The topological polar surface area (TPSA) is 110 Å². The first-order valence-corrected chi connectivity index (χ1v) is 19.1. The van der Waals surface area contributed by atoms with Crippen LogP contribution in [0.25, 0.3) is 0 Å². The summed E-state index contributed by atoms with van der Waals surface area (Å²) in [4.78, 5) is 29.9. The van der Waals surface area contributed by atoms with Crippen molar-refractivity contribution < 1.29 is 33.4 Å². The highest BCUT2D eigenvalue weighted by atomic mass is 35.5. The Hall–Kier alpha value is -5.58. The lowest BCUT2D eigenvalue weighted by Gasteiger charge is -2.19. The van der Waals surface area contributed by atoms with Gasteiger partial charge < -0.3 is 23.8 Å². The van der Waals surface area contributed by atoms with Crippen molar-refractivity contribution in [1.29, 1.82) is 0 Å². The number of allylic oxidation sites excluding steroid dienone is 1. The first-order valence-electron chi connectivity index (χ1n) is 18.4. The summed E-state index contributed by atoms with van der Waals surface area (Å²) >= 11 is 11.5. The molecule has 2 atom stereocenters. The Labute approximate surface area is 343 Å². The lowest BCUT2D eigenvalue weighted by molar-refractivity contribution is -0.147. The van der Waals surface area contributed by atoms with Gasteiger partial charge in [-0.3, -0.25) is 4.79 Å². The highest BCUT2D eigenvalue weighted by molar-refractivity contribution is 6.55. The van der Waals surface area contributed by atoms with Crippen LogP contribution in [0.15, 0.2) is 125 Å². The Bertz CT molecular complexity index is 2170. The van der Waals surface area contributed by atoms with Crippen molar-refractivity contribution in [3.05, 3.63) is 148 Å². The molecule has 10 nitrogen and oxygen atoms in total. The molecule has 6 rings (SSSR count). The quantitative estimate of drug-likeness (QED) is 0.0656. The van der Waals surface area contributed by atoms with Gasteiger partial charge in [0.05, 0.1) is 29.0 Å². The highest BCUT2D eigenvalue weighted by Gasteiger charge is 2.61. The van der Waals surface area contributed by atoms with E-state index in [1.165, 1.54) is 0 Å². The van der Waals surface area contributed by atoms with Crippen molar-refractivity contribution in [2.24, 2.45) is 29.5 Å². The number of ether oxygens (including phenoxy) is 4. The van der Waals surface area contributed by atoms with Crippen LogP contribution in [0, 0.1) is 24.2 Å². The molecule has 57 heavy (non-hydrogen) atoms. The first kappa shape index (κ1) is 42.6. The van der Waals surface area contributed by atoms with Gasteiger partial charge in [-0.1, -0.05) is 103 Å². The Kier molecular flexibility index (Phi) is 14.2. The summed E-state index contributed by atoms with van der Waals surface area (Å²) < 4.78 is 24.5. The molecule has 1 aromatic heterocycles. The lowest BCUT2D eigenvalue weighted by atomic mass is 10.1. The SMILES string of the molecule is CC1(C)C(C=C(Cl)Cl)C1C(=O)OCc1cccc(Oc2ccccc2)c1.Cc1nn(C)c(Oc2ccccc2)c1/C=N/OCc1ccc(C(=O)OC(C)(C)C)cc1. The molecule has 4 aromatic carbocycles. The molecule has 0 aliphatic heterocycles. The van der Waals surface area contributed by atoms with Gasteiger partial charge in [0.15, 0.2) is 0 Å². The zero-order valence-electron chi connectivity index (χ0n) is 33.1. The number of esters is 2. The van der Waals surface area contributed by atoms with E-state index >= 15 is 0 Å². The van der Waals surface area contributed by atoms with Crippen LogP contribution >= 0.6 is 23.2 Å². The molecule has 1 heterocycles. The second-order valence-electron chi connectivity index (χ2n) is 15.0. The molecule has 0 amide bonds. The third-order valence-corrected chi connectivity index (χ3v) is 9.23. The van der Waals surface area contributed by atoms with E-state index in [1.807, 2.05) is 146 Å². The van der Waals surface area contributed by atoms with Gasteiger partial charge in [0.1, 0.15) is 40.6 Å². The van der Waals surface area contributed by atoms with E-state index in [2.05, 4.69) is 10.3 Å². The van der Waals surface area contributed by atoms with Gasteiger partial charge in [0.2, 0.25) is 5.88 Å². The summed E-state index contributed by atoms with van der Waals surface area (Å²) in [5.41, 5.74) is 3.05. The van der Waals surface area contributed by atoms with Crippen LogP contribution < -0.4 is 9.47 Å². The molecule has 1 aliphatic rings. The predicted octanol–water partition coefficient (Wildman–Crippen LogP) is 11.1. The van der Waals surface area contributed by atoms with E-state index in [-0.39, 0.29) is 46.9 Å². The molecule has 0 saturated heterocycles. The normalized spacial score (nSPS) is 15.5. The van der Waals surface area contributed by atoms with Gasteiger partial charge in [-0.05, 0) is 105 Å². The van der Waals surface area contributed by atoms with Gasteiger partial charge in [0, 0.05) is 7.05 Å². The van der Waals surface area contributed by atoms with Crippen LogP contribution in [0.2, 0.25) is 0 Å². The molecule has 5 aromatic rings. The molecular weight excluding hydrogens is 765 g/mol. The minimum atomic E-state index is -0.527. The van der Waals surface area contributed by atoms with Crippen LogP contribution in [0.3, 0.4) is 0 Å². The van der Waals surface area contributed by atoms with Crippen LogP contribution in [0.5, 0.6) is 23.1 Å². The summed E-state index contributed by atoms with van der Waals surface area (Å²) in [5.74, 6) is 1.95. The van der Waals surface area contributed by atoms with Crippen molar-refractivity contribution in [3.63, 3.8) is 0 Å². The number of rotatable bonds is 13. The summed E-state index contributed by atoms with van der Waals surface area (Å²) in [5, 5.41) is 8.47. The fraction of sp³-hybridized carbons (Fsp3) is 0.289. The molecule has 298 valence electrons. The number of aromatic nitrogens is 2. The molecule has 2 unspecified atom stereocenters. The number of carbonyl (C=O) groups is 2. The van der Waals surface area contributed by atoms with Gasteiger partial charge in [-0.2, -0.15) is 5.10 Å². The molecule has 1 saturated carbocycles. The number of para-hydroxylation sites is 2. The standard InChI is InChI=1S/C24H27N3O4.C21H20Cl2O3/c1-17-21(22(27(5)26-17)30-20-9-7-6-8-10-20)15-25-29-16-18-11-13-19(14-12-18)23(28)31-24(2,3)4;1-21(2)17(12-18(22)23)19(21)20(24)25-13-14-7-6-10-16(11-14)26-15-8-4-3-5-9-15/h6-15H,16H2,1-5H3;3-12,17,19H,13H2,1-2H3/b25-15+;. The summed E-state index contributed by atoms with van der Waals surface area (Å²) in [6.45, 7) is 11.9. The van der Waals surface area contributed by atoms with Gasteiger partial charge in [0.25, 0.3) is 0 Å². The highest BCUT2D eigenvalue weighted by Crippen LogP contribution is 2.60. The molecule has 0 radical (unpaired) electrons. The van der Waals surface area contributed by atoms with E-state index < -0.39 is 5.60 Å². The lowest BCUT2D eigenvalue weighted by Crippen LogP contribution is -2.23. The largest absolute Gasteiger partial charge is 0.461 e. The fourth-order valence-electron chi connectivity index (χ4n) is 5.94. The maximum Gasteiger partial charge on any atom is 0.338 e. The number of nitrogens with zero attached hydrogens (tertiary/aromatic N) is 3. The summed E-state index contributed by atoms with van der Waals surface area (Å²) in [6.07, 6.45) is 3.30. The average Bonchev–Trinajstić information content (AvgIpc) is 3.59. The first-order chi connectivity index (χ1) is 27.1. The van der Waals surface area contributed by atoms with Crippen LogP contribution in [0.4, 0.5) is 0 Å². The van der Waals surface area contributed by atoms with E-state index in [0.717, 1.165) is 28.1 Å². The van der Waals surface area contributed by atoms with E-state index in [4.69, 9.17) is 47.0 Å². The molecular formula is C45H47Cl2N3O7. The second-order valence-corrected chi connectivity index (χ2v) is 16.0. The van der Waals surface area contributed by atoms with Gasteiger partial charge in [-0.25, -0.2) is 9.48 Å². The number of oxime groups is 1. The van der Waals surface area contributed by atoms with Crippen molar-refractivity contribution in [2.45, 2.75) is 60.4 Å². The van der Waals surface area contributed by atoms with Crippen molar-refractivity contribution in [3.8, 4) is 23.1 Å². The minimum Gasteiger partial charge on any atom is -0.461 e. The number of carbonyl (C=O) groups excluding carboxylic acids is 2. The van der Waals surface area contributed by atoms with Crippen molar-refractivity contribution in [2.75, 3.05) is 0 Å². The molecule has 0 bridgehead atoms. The van der Waals surface area contributed by atoms with Crippen LogP contribution in [0.1, 0.15) is 67.4 Å². The fourth-order valence-corrected chi connectivity index (χ4v) is 6.21. The zero-order valence-corrected chi connectivity index (χ0v) is 34.6. The zero-order chi connectivity index (χ0) is 41.2. The van der Waals surface area contributed by atoms with Crippen molar-refractivity contribution >= 4 is 41.4 Å². The number of benzene rings is 4. The number of aryl methyl sites for hydroxylation is 2. The third-order valence-electron chi connectivity index (χ3n) is 8.98. The minimum absolute atomic E-state index is 0.00717. The van der Waals surface area contributed by atoms with E-state index in [9.17, 15) is 9.59 Å². The maximum absolute atomic E-state index is 12.4. The predicted molar refractivity (Wildman–Crippen MR) is 222 cm³/mol. The Balaban J connectivity index is 0.000000221. The van der Waals surface area contributed by atoms with Crippen LogP contribution in [-0.4, -0.2) is 33.5 Å². The monoisotopic (exact) mass is 811 g/mol. The van der Waals surface area contributed by atoms with E-state index in [0.29, 0.717) is 22.9 Å². The van der Waals surface area contributed by atoms with Crippen molar-refractivity contribution in [1.82, 2.24) is 9.78 Å². The number of halogens is 2. The van der Waals surface area contributed by atoms with E-state index in [1.54, 1.807) is 29.1 Å². The number of hydrogen-bond donors (Lipinski definition) is 0. The van der Waals surface area contributed by atoms with Gasteiger partial charge >= 0.3 is 11.9 Å². The molecule has 1 aliphatic carbocycles. The second kappa shape index (κ2) is 19.0. The van der Waals surface area contributed by atoms with Crippen LogP contribution in [-0.2, 0) is 39.4 Å². The molecule has 0 N–H and O–H groups in total. The third kappa shape index (κ3) is 12.5. The Morgan fingerprint density at radius 2 is 1.44 bits per heavy atom. The number of hydrogen-bond acceptors (Lipinski definition) is 9. The Morgan fingerprint density at radius 3 is 2.05 bits per heavy atom. The summed E-state index contributed by atoms with van der Waals surface area (Å²) in [7, 11) is 1.82. The average molecular weight is 813 g/mol. The maximum atomic E-state index is 12.4. The molecule has 0 spiro atoms. The summed E-state index contributed by atoms with van der Waals surface area (Å²) in [6, 6.07) is 33.6.